The molecule has 5 amide bonds. The zero-order valence-corrected chi connectivity index (χ0v) is 34.4. The fraction of sp³-hybridized carbons (Fsp3) is 0.465. The Morgan fingerprint density at radius 2 is 1.08 bits per heavy atom. The second-order valence-corrected chi connectivity index (χ2v) is 14.9. The summed E-state index contributed by atoms with van der Waals surface area (Å²) in [6.45, 7) is 5.73. The maximum Gasteiger partial charge on any atom is 0.475 e. The number of aryl methyl sites for hydroxylation is 1. The van der Waals surface area contributed by atoms with E-state index in [1.165, 1.54) is 31.5 Å². The molecule has 0 fully saturated rings. The molecule has 5 atom stereocenters. The van der Waals surface area contributed by atoms with Crippen molar-refractivity contribution < 1.29 is 39.1 Å². The van der Waals surface area contributed by atoms with Gasteiger partial charge in [-0.25, -0.2) is 0 Å². The van der Waals surface area contributed by atoms with Gasteiger partial charge in [-0.05, 0) is 125 Å². The van der Waals surface area contributed by atoms with Gasteiger partial charge in [0.25, 0.3) is 5.91 Å². The molecule has 12 N–H and O–H groups in total. The Morgan fingerprint density at radius 3 is 1.63 bits per heavy atom. The molecule has 0 heterocycles. The predicted octanol–water partition coefficient (Wildman–Crippen LogP) is 1.99. The molecule has 3 aromatic carbocycles. The molecular weight excluding hydrogens is 753 g/mol. The fourth-order valence-electron chi connectivity index (χ4n) is 6.25. The highest BCUT2D eigenvalue weighted by Crippen LogP contribution is 2.21. The normalized spacial score (nSPS) is 13.5. The predicted molar refractivity (Wildman–Crippen MR) is 229 cm³/mol. The summed E-state index contributed by atoms with van der Waals surface area (Å²) in [5.41, 5.74) is 15.5. The molecule has 0 aliphatic heterocycles. The number of nitrogens with two attached hydrogens (primary N) is 2. The van der Waals surface area contributed by atoms with E-state index in [9.17, 15) is 39.1 Å². The molecule has 0 aliphatic carbocycles. The van der Waals surface area contributed by atoms with Crippen LogP contribution in [-0.2, 0) is 32.0 Å². The highest BCUT2D eigenvalue weighted by Gasteiger charge is 2.31. The van der Waals surface area contributed by atoms with Crippen molar-refractivity contribution in [1.82, 2.24) is 26.6 Å². The van der Waals surface area contributed by atoms with Crippen LogP contribution in [0, 0.1) is 0 Å². The molecule has 0 saturated heterocycles. The Labute approximate surface area is 347 Å². The highest BCUT2D eigenvalue weighted by molar-refractivity contribution is 6.43. The van der Waals surface area contributed by atoms with E-state index in [1.54, 1.807) is 24.3 Å². The van der Waals surface area contributed by atoms with Crippen LogP contribution in [-0.4, -0.2) is 95.0 Å². The maximum atomic E-state index is 14.0. The van der Waals surface area contributed by atoms with Gasteiger partial charge in [0.2, 0.25) is 23.6 Å². The molecule has 15 nitrogen and oxygen atoms in total. The lowest BCUT2D eigenvalue weighted by Crippen LogP contribution is -2.58. The molecule has 0 bridgehead atoms. The van der Waals surface area contributed by atoms with E-state index in [0.717, 1.165) is 30.4 Å². The first-order chi connectivity index (χ1) is 28.3. The molecule has 0 radical (unpaired) electrons. The fourth-order valence-corrected chi connectivity index (χ4v) is 6.25. The van der Waals surface area contributed by atoms with Crippen molar-refractivity contribution in [1.29, 1.82) is 0 Å². The number of hydrogen-bond donors (Lipinski definition) is 10. The number of nitrogens with one attached hydrogen (secondary N) is 5. The summed E-state index contributed by atoms with van der Waals surface area (Å²) in [4.78, 5) is 67.6. The van der Waals surface area contributed by atoms with Crippen LogP contribution in [0.25, 0.3) is 11.1 Å². The summed E-state index contributed by atoms with van der Waals surface area (Å²) in [5, 5.41) is 42.0. The van der Waals surface area contributed by atoms with Gasteiger partial charge in [0, 0.05) is 12.0 Å². The Bertz CT molecular complexity index is 1780. The monoisotopic (exact) mass is 815 g/mol. The van der Waals surface area contributed by atoms with Gasteiger partial charge in [0.15, 0.2) is 0 Å². The first-order valence-corrected chi connectivity index (χ1v) is 20.5. The molecule has 320 valence electrons. The van der Waals surface area contributed by atoms with Gasteiger partial charge in [-0.15, -0.1) is 0 Å². The number of carbonyl (C=O) groups excluding carboxylic acids is 5. The maximum absolute atomic E-state index is 14.0. The average Bonchev–Trinajstić information content (AvgIpc) is 3.22. The average molecular weight is 816 g/mol. The van der Waals surface area contributed by atoms with Crippen LogP contribution in [0.5, 0.6) is 5.75 Å². The molecule has 16 heteroatoms. The summed E-state index contributed by atoms with van der Waals surface area (Å²) < 4.78 is 0. The number of benzene rings is 3. The van der Waals surface area contributed by atoms with Crippen molar-refractivity contribution in [3.8, 4) is 16.9 Å². The summed E-state index contributed by atoms with van der Waals surface area (Å²) in [5.74, 6) is -4.15. The number of phenols is 1. The van der Waals surface area contributed by atoms with Crippen molar-refractivity contribution in [2.24, 2.45) is 11.5 Å². The highest BCUT2D eigenvalue weighted by atomic mass is 16.4. The van der Waals surface area contributed by atoms with E-state index in [-0.39, 0.29) is 25.0 Å². The van der Waals surface area contributed by atoms with Gasteiger partial charge >= 0.3 is 7.12 Å². The number of carbonyl (C=O) groups is 5. The van der Waals surface area contributed by atoms with E-state index >= 15 is 0 Å². The van der Waals surface area contributed by atoms with Crippen molar-refractivity contribution in [2.45, 2.75) is 115 Å². The number of unbranched alkanes of at least 4 members (excludes halogenated alkanes) is 3. The minimum atomic E-state index is -1.82. The Balaban J connectivity index is 1.77. The SMILES string of the molecule is CCCCc1ccc(-c2ccc(C(=O)N[C@@H](CCCCN)C(=O)N[C@@H](Cc3ccc(O)cc3)C(=O)N[C@@H](C)C(=O)N[C@@H](CCCCN)C(=O)N[C@@H](C)B(O)O)cc2)cc1. The van der Waals surface area contributed by atoms with Gasteiger partial charge < -0.3 is 53.2 Å². The standard InChI is InChI=1S/C43H62BN7O8/c1-4-5-10-30-13-17-32(18-14-30)33-19-21-34(22-20-33)40(54)50-37(12-7-9-26-46)42(56)51-38(27-31-15-23-35(52)24-16-31)43(57)47-28(2)39(53)49-36(11-6-8-25-45)41(55)48-29(3)44(58)59/h13-24,28-29,36-38,52,58-59H,4-12,25-27,45-46H2,1-3H3,(H,47,57)(H,48,55)(H,49,53)(H,50,54)(H,51,56)/t28-,29-,36-,37-,38-/m0/s1. The van der Waals surface area contributed by atoms with Crippen LogP contribution in [0.2, 0.25) is 0 Å². The molecule has 3 aromatic rings. The van der Waals surface area contributed by atoms with Gasteiger partial charge in [0.05, 0.1) is 5.94 Å². The first-order valence-electron chi connectivity index (χ1n) is 20.5. The minimum absolute atomic E-state index is 0.00746. The largest absolute Gasteiger partial charge is 0.508 e. The lowest BCUT2D eigenvalue weighted by molar-refractivity contribution is -0.133. The van der Waals surface area contributed by atoms with Crippen LogP contribution in [0.15, 0.2) is 72.8 Å². The Hall–Kier alpha value is -5.29. The van der Waals surface area contributed by atoms with Crippen molar-refractivity contribution in [3.63, 3.8) is 0 Å². The topological polar surface area (TPSA) is 258 Å². The molecule has 0 unspecified atom stereocenters. The van der Waals surface area contributed by atoms with Crippen LogP contribution in [0.4, 0.5) is 0 Å². The molecule has 3 rings (SSSR count). The van der Waals surface area contributed by atoms with Crippen LogP contribution in [0.3, 0.4) is 0 Å². The Morgan fingerprint density at radius 1 is 0.593 bits per heavy atom. The minimum Gasteiger partial charge on any atom is -0.508 e. The lowest BCUT2D eigenvalue weighted by atomic mass is 9.81. The summed E-state index contributed by atoms with van der Waals surface area (Å²) in [7, 11) is -1.82. The van der Waals surface area contributed by atoms with Crippen molar-refractivity contribution in [2.75, 3.05) is 13.1 Å². The summed E-state index contributed by atoms with van der Waals surface area (Å²) in [6.07, 6.45) is 5.88. The van der Waals surface area contributed by atoms with Gasteiger partial charge in [0.1, 0.15) is 29.9 Å². The lowest BCUT2D eigenvalue weighted by Gasteiger charge is -2.26. The second kappa shape index (κ2) is 25.3. The first kappa shape index (κ1) is 48.1. The molecule has 0 saturated carbocycles. The number of amides is 5. The molecule has 59 heavy (non-hydrogen) atoms. The van der Waals surface area contributed by atoms with E-state index in [2.05, 4.69) is 57.8 Å². The van der Waals surface area contributed by atoms with Crippen LogP contribution >= 0.6 is 0 Å². The Kier molecular flexibility index (Phi) is 20.6. The van der Waals surface area contributed by atoms with Crippen molar-refractivity contribution in [3.05, 3.63) is 89.5 Å². The van der Waals surface area contributed by atoms with Crippen molar-refractivity contribution >= 4 is 36.7 Å². The third-order valence-electron chi connectivity index (χ3n) is 9.98. The van der Waals surface area contributed by atoms with E-state index in [4.69, 9.17) is 11.5 Å². The molecule has 0 aromatic heterocycles. The zero-order valence-electron chi connectivity index (χ0n) is 34.4. The van der Waals surface area contributed by atoms with Gasteiger partial charge in [-0.3, -0.25) is 24.0 Å². The molecule has 0 aliphatic rings. The molecule has 0 spiro atoms. The smallest absolute Gasteiger partial charge is 0.475 e. The number of rotatable bonds is 25. The van der Waals surface area contributed by atoms with E-state index < -0.39 is 66.8 Å². The number of aromatic hydroxyl groups is 1. The second-order valence-electron chi connectivity index (χ2n) is 14.9. The van der Waals surface area contributed by atoms with E-state index in [1.807, 2.05) is 12.1 Å². The van der Waals surface area contributed by atoms with Gasteiger partial charge in [-0.2, -0.15) is 0 Å². The molecular formula is C43H62BN7O8. The summed E-state index contributed by atoms with van der Waals surface area (Å²) >= 11 is 0. The zero-order chi connectivity index (χ0) is 43.3. The quantitative estimate of drug-likeness (QED) is 0.0440. The third-order valence-corrected chi connectivity index (χ3v) is 9.98. The summed E-state index contributed by atoms with van der Waals surface area (Å²) in [6, 6.07) is 17.0. The van der Waals surface area contributed by atoms with Crippen LogP contribution in [0.1, 0.15) is 93.6 Å². The van der Waals surface area contributed by atoms with Crippen LogP contribution < -0.4 is 38.1 Å². The number of phenolic OH excluding ortho intramolecular Hbond substituents is 1. The van der Waals surface area contributed by atoms with E-state index in [0.29, 0.717) is 49.9 Å². The van der Waals surface area contributed by atoms with Gasteiger partial charge in [-0.1, -0.05) is 61.9 Å². The number of hydrogen-bond acceptors (Lipinski definition) is 10. The third kappa shape index (κ3) is 16.5.